The van der Waals surface area contributed by atoms with E-state index in [0.717, 1.165) is 23.3 Å². The Hall–Kier alpha value is -1.59. The summed E-state index contributed by atoms with van der Waals surface area (Å²) in [6.07, 6.45) is 2.45. The van der Waals surface area contributed by atoms with Gasteiger partial charge in [-0.05, 0) is 44.7 Å². The Kier molecular flexibility index (Phi) is 6.63. The molecule has 3 N–H and O–H groups in total. The molecular formula is C19H30N2O3. The Balaban J connectivity index is 2.06. The van der Waals surface area contributed by atoms with E-state index in [0.29, 0.717) is 39.1 Å². The molecule has 0 bridgehead atoms. The van der Waals surface area contributed by atoms with E-state index in [-0.39, 0.29) is 12.0 Å². The quantitative estimate of drug-likeness (QED) is 0.804. The van der Waals surface area contributed by atoms with Gasteiger partial charge >= 0.3 is 0 Å². The number of nitrogens with one attached hydrogen (secondary N) is 1. The van der Waals surface area contributed by atoms with Crippen LogP contribution in [0.25, 0.3) is 0 Å². The van der Waals surface area contributed by atoms with Gasteiger partial charge in [0, 0.05) is 31.9 Å². The second kappa shape index (κ2) is 8.49. The molecule has 0 saturated carbocycles. The Morgan fingerprint density at radius 2 is 2.12 bits per heavy atom. The van der Waals surface area contributed by atoms with Crippen LogP contribution in [0.2, 0.25) is 0 Å². The zero-order valence-corrected chi connectivity index (χ0v) is 15.1. The van der Waals surface area contributed by atoms with E-state index in [4.69, 9.17) is 15.2 Å². The van der Waals surface area contributed by atoms with Gasteiger partial charge < -0.3 is 20.5 Å². The highest BCUT2D eigenvalue weighted by Gasteiger charge is 2.38. The lowest BCUT2D eigenvalue weighted by atomic mass is 9.79. The maximum atomic E-state index is 12.7. The Morgan fingerprint density at radius 1 is 1.42 bits per heavy atom. The van der Waals surface area contributed by atoms with E-state index >= 15 is 0 Å². The van der Waals surface area contributed by atoms with Gasteiger partial charge in [-0.2, -0.15) is 0 Å². The highest BCUT2D eigenvalue weighted by molar-refractivity contribution is 5.83. The van der Waals surface area contributed by atoms with Gasteiger partial charge in [0.05, 0.1) is 11.5 Å². The lowest BCUT2D eigenvalue weighted by molar-refractivity contribution is -0.136. The fourth-order valence-corrected chi connectivity index (χ4v) is 2.87. The van der Waals surface area contributed by atoms with E-state index in [1.165, 1.54) is 0 Å². The molecule has 5 heteroatoms. The van der Waals surface area contributed by atoms with Crippen LogP contribution < -0.4 is 15.8 Å². The topological polar surface area (TPSA) is 73.6 Å². The fourth-order valence-electron chi connectivity index (χ4n) is 2.87. The molecule has 5 nitrogen and oxygen atoms in total. The number of amides is 1. The van der Waals surface area contributed by atoms with E-state index in [1.807, 2.05) is 25.1 Å². The minimum Gasteiger partial charge on any atom is -0.490 e. The van der Waals surface area contributed by atoms with Crippen molar-refractivity contribution in [2.75, 3.05) is 19.8 Å². The predicted molar refractivity (Wildman–Crippen MR) is 94.9 cm³/mol. The Morgan fingerprint density at radius 3 is 2.75 bits per heavy atom. The number of rotatable bonds is 7. The maximum absolute atomic E-state index is 12.7. The summed E-state index contributed by atoms with van der Waals surface area (Å²) in [5, 5.41) is 3.06. The highest BCUT2D eigenvalue weighted by atomic mass is 16.5. The standard InChI is InChI=1S/C19H30N2O3/c1-4-15(3)24-17-11-14(2)5-6-16(17)12-21-18(22)19(13-20)7-9-23-10-8-19/h5-6,11,15H,4,7-10,12-13,20H2,1-3H3,(H,21,22). The normalized spacial score (nSPS) is 18.0. The molecule has 1 aliphatic heterocycles. The predicted octanol–water partition coefficient (Wildman–Crippen LogP) is 2.54. The molecule has 0 aromatic heterocycles. The van der Waals surface area contributed by atoms with Gasteiger partial charge in [-0.3, -0.25) is 4.79 Å². The summed E-state index contributed by atoms with van der Waals surface area (Å²) in [5.74, 6) is 0.863. The molecule has 1 aromatic carbocycles. The number of carbonyl (C=O) groups excluding carboxylic acids is 1. The van der Waals surface area contributed by atoms with Gasteiger partial charge in [0.2, 0.25) is 5.91 Å². The molecule has 1 saturated heterocycles. The van der Waals surface area contributed by atoms with E-state index < -0.39 is 5.41 Å². The minimum absolute atomic E-state index is 0.0170. The monoisotopic (exact) mass is 334 g/mol. The smallest absolute Gasteiger partial charge is 0.227 e. The average molecular weight is 334 g/mol. The van der Waals surface area contributed by atoms with Gasteiger partial charge in [-0.1, -0.05) is 19.1 Å². The number of ether oxygens (including phenoxy) is 2. The first-order chi connectivity index (χ1) is 11.5. The second-order valence-corrected chi connectivity index (χ2v) is 6.73. The third-order valence-corrected chi connectivity index (χ3v) is 4.89. The van der Waals surface area contributed by atoms with Crippen LogP contribution in [0.4, 0.5) is 0 Å². The van der Waals surface area contributed by atoms with Crippen molar-refractivity contribution >= 4 is 5.91 Å². The van der Waals surface area contributed by atoms with Crippen molar-refractivity contribution < 1.29 is 14.3 Å². The van der Waals surface area contributed by atoms with Crippen LogP contribution in [-0.4, -0.2) is 31.8 Å². The van der Waals surface area contributed by atoms with Crippen molar-refractivity contribution in [3.8, 4) is 5.75 Å². The number of hydrogen-bond acceptors (Lipinski definition) is 4. The van der Waals surface area contributed by atoms with Gasteiger partial charge in [0.25, 0.3) is 0 Å². The SMILES string of the molecule is CCC(C)Oc1cc(C)ccc1CNC(=O)C1(CN)CCOCC1. The molecule has 1 unspecified atom stereocenters. The van der Waals surface area contributed by atoms with Crippen LogP contribution in [0.1, 0.15) is 44.2 Å². The summed E-state index contributed by atoms with van der Waals surface area (Å²) in [6, 6.07) is 6.09. The van der Waals surface area contributed by atoms with Crippen molar-refractivity contribution in [3.63, 3.8) is 0 Å². The van der Waals surface area contributed by atoms with Crippen LogP contribution in [0.15, 0.2) is 18.2 Å². The molecule has 1 atom stereocenters. The van der Waals surface area contributed by atoms with Crippen LogP contribution in [0, 0.1) is 12.3 Å². The molecule has 1 aromatic rings. The van der Waals surface area contributed by atoms with Crippen molar-refractivity contribution in [2.45, 2.75) is 52.7 Å². The number of hydrogen-bond donors (Lipinski definition) is 2. The molecule has 0 aliphatic carbocycles. The Labute approximate surface area is 144 Å². The minimum atomic E-state index is -0.499. The molecule has 24 heavy (non-hydrogen) atoms. The van der Waals surface area contributed by atoms with E-state index in [9.17, 15) is 4.79 Å². The number of benzene rings is 1. The van der Waals surface area contributed by atoms with Gasteiger partial charge in [0.15, 0.2) is 0 Å². The number of nitrogens with two attached hydrogens (primary N) is 1. The zero-order valence-electron chi connectivity index (χ0n) is 15.1. The number of carbonyl (C=O) groups is 1. The molecule has 1 amide bonds. The first-order valence-corrected chi connectivity index (χ1v) is 8.83. The zero-order chi connectivity index (χ0) is 17.6. The molecule has 134 valence electrons. The van der Waals surface area contributed by atoms with Crippen molar-refractivity contribution in [1.82, 2.24) is 5.32 Å². The first kappa shape index (κ1) is 18.7. The first-order valence-electron chi connectivity index (χ1n) is 8.83. The molecule has 0 radical (unpaired) electrons. The highest BCUT2D eigenvalue weighted by Crippen LogP contribution is 2.30. The molecule has 2 rings (SSSR count). The summed E-state index contributed by atoms with van der Waals surface area (Å²) in [7, 11) is 0. The number of aryl methyl sites for hydroxylation is 1. The average Bonchev–Trinajstić information content (AvgIpc) is 2.61. The second-order valence-electron chi connectivity index (χ2n) is 6.73. The summed E-state index contributed by atoms with van der Waals surface area (Å²) >= 11 is 0. The van der Waals surface area contributed by atoms with Crippen molar-refractivity contribution in [1.29, 1.82) is 0 Å². The van der Waals surface area contributed by atoms with Crippen molar-refractivity contribution in [3.05, 3.63) is 29.3 Å². The third-order valence-electron chi connectivity index (χ3n) is 4.89. The maximum Gasteiger partial charge on any atom is 0.227 e. The lowest BCUT2D eigenvalue weighted by Crippen LogP contribution is -2.49. The van der Waals surface area contributed by atoms with Crippen molar-refractivity contribution in [2.24, 2.45) is 11.1 Å². The Bertz CT molecular complexity index is 554. The van der Waals surface area contributed by atoms with E-state index in [2.05, 4.69) is 19.2 Å². The van der Waals surface area contributed by atoms with Crippen LogP contribution in [-0.2, 0) is 16.1 Å². The van der Waals surface area contributed by atoms with Gasteiger partial charge in [-0.15, -0.1) is 0 Å². The van der Waals surface area contributed by atoms with Crippen LogP contribution >= 0.6 is 0 Å². The molecular weight excluding hydrogens is 304 g/mol. The van der Waals surface area contributed by atoms with Gasteiger partial charge in [0.1, 0.15) is 5.75 Å². The van der Waals surface area contributed by atoms with Gasteiger partial charge in [-0.25, -0.2) is 0 Å². The molecule has 1 fully saturated rings. The largest absolute Gasteiger partial charge is 0.490 e. The summed E-state index contributed by atoms with van der Waals surface area (Å²) in [6.45, 7) is 8.18. The van der Waals surface area contributed by atoms with Crippen LogP contribution in [0.5, 0.6) is 5.75 Å². The summed E-state index contributed by atoms with van der Waals surface area (Å²) in [4.78, 5) is 12.7. The molecule has 0 spiro atoms. The van der Waals surface area contributed by atoms with Crippen LogP contribution in [0.3, 0.4) is 0 Å². The summed E-state index contributed by atoms with van der Waals surface area (Å²) in [5.41, 5.74) is 7.54. The third kappa shape index (κ3) is 4.48. The lowest BCUT2D eigenvalue weighted by Gasteiger charge is -2.34. The fraction of sp³-hybridized carbons (Fsp3) is 0.632. The molecule has 1 heterocycles. The summed E-state index contributed by atoms with van der Waals surface area (Å²) < 4.78 is 11.4. The van der Waals surface area contributed by atoms with E-state index in [1.54, 1.807) is 0 Å². The molecule has 1 aliphatic rings.